The van der Waals surface area contributed by atoms with Gasteiger partial charge in [-0.2, -0.15) is 0 Å². The van der Waals surface area contributed by atoms with Crippen molar-refractivity contribution >= 4 is 41.4 Å². The normalized spacial score (nSPS) is 22.6. The molecule has 3 aliphatic heterocycles. The van der Waals surface area contributed by atoms with Gasteiger partial charge in [-0.05, 0) is 12.8 Å². The molecule has 45 heavy (non-hydrogen) atoms. The highest BCUT2D eigenvalue weighted by Gasteiger charge is 2.48. The Labute approximate surface area is 259 Å². The van der Waals surface area contributed by atoms with Crippen LogP contribution in [0.5, 0.6) is 0 Å². The van der Waals surface area contributed by atoms with E-state index >= 15 is 0 Å². The SMILES string of the molecule is COCCOCCC(=O)N[C@H]1CO[C@H]2[C@@H]1OC[C@@H]2NC(=O)CCC[C@H](NC(=O)CCN1C(=O)C=CC1=O)C(=O)NCCC(=O)O. The van der Waals surface area contributed by atoms with Gasteiger partial charge in [0.15, 0.2) is 0 Å². The molecule has 3 heterocycles. The second-order valence-corrected chi connectivity index (χ2v) is 10.7. The van der Waals surface area contributed by atoms with Crippen molar-refractivity contribution in [2.45, 2.75) is 68.9 Å². The van der Waals surface area contributed by atoms with Crippen molar-refractivity contribution in [1.29, 1.82) is 0 Å². The smallest absolute Gasteiger partial charge is 0.305 e. The summed E-state index contributed by atoms with van der Waals surface area (Å²) in [7, 11) is 1.56. The third kappa shape index (κ3) is 11.5. The average Bonchev–Trinajstić information content (AvgIpc) is 3.67. The van der Waals surface area contributed by atoms with Crippen molar-refractivity contribution in [2.24, 2.45) is 0 Å². The standard InChI is InChI=1S/C28H41N5O12/c1-42-13-14-43-12-9-22(36)32-19-16-45-26-18(15-44-27(19)26)31-20(34)4-2-3-17(28(41)29-10-7-25(39)40)30-21(35)8-11-33-23(37)5-6-24(33)38/h5-6,17-19,26-27H,2-4,7-16H2,1H3,(H,29,41)(H,30,35)(H,31,34)(H,32,36)(H,39,40)/t17-,18-,19-,26+,27+/m0/s1. The van der Waals surface area contributed by atoms with Crippen LogP contribution in [0.1, 0.15) is 38.5 Å². The third-order valence-corrected chi connectivity index (χ3v) is 7.30. The number of nitrogens with one attached hydrogen (secondary N) is 4. The highest BCUT2D eigenvalue weighted by atomic mass is 16.6. The van der Waals surface area contributed by atoms with Gasteiger partial charge in [-0.15, -0.1) is 0 Å². The number of carbonyl (C=O) groups is 7. The van der Waals surface area contributed by atoms with Crippen LogP contribution < -0.4 is 21.3 Å². The molecule has 17 nitrogen and oxygen atoms in total. The number of rotatable bonds is 20. The highest BCUT2D eigenvalue weighted by molar-refractivity contribution is 6.13. The van der Waals surface area contributed by atoms with E-state index in [0.717, 1.165) is 17.1 Å². The number of carboxylic acid groups (broad SMARTS) is 1. The van der Waals surface area contributed by atoms with Crippen molar-refractivity contribution < 1.29 is 57.6 Å². The van der Waals surface area contributed by atoms with Crippen molar-refractivity contribution in [1.82, 2.24) is 26.2 Å². The maximum absolute atomic E-state index is 12.7. The first-order valence-electron chi connectivity index (χ1n) is 14.8. The van der Waals surface area contributed by atoms with Gasteiger partial charge >= 0.3 is 5.97 Å². The molecule has 0 aliphatic carbocycles. The minimum atomic E-state index is -1.11. The van der Waals surface area contributed by atoms with Gasteiger partial charge in [0.25, 0.3) is 11.8 Å². The molecule has 250 valence electrons. The summed E-state index contributed by atoms with van der Waals surface area (Å²) in [5, 5.41) is 19.6. The number of imide groups is 1. The van der Waals surface area contributed by atoms with Crippen LogP contribution in [0, 0.1) is 0 Å². The van der Waals surface area contributed by atoms with Gasteiger partial charge in [-0.25, -0.2) is 0 Å². The lowest BCUT2D eigenvalue weighted by atomic mass is 10.0. The van der Waals surface area contributed by atoms with E-state index < -0.39 is 53.9 Å². The Morgan fingerprint density at radius 3 is 2.11 bits per heavy atom. The molecule has 3 aliphatic rings. The van der Waals surface area contributed by atoms with Crippen LogP contribution in [-0.4, -0.2) is 135 Å². The molecule has 0 spiro atoms. The molecule has 0 aromatic carbocycles. The van der Waals surface area contributed by atoms with Crippen molar-refractivity contribution in [2.75, 3.05) is 53.2 Å². The largest absolute Gasteiger partial charge is 0.481 e. The molecule has 0 unspecified atom stereocenters. The lowest BCUT2D eigenvalue weighted by molar-refractivity contribution is -0.139. The highest BCUT2D eigenvalue weighted by Crippen LogP contribution is 2.27. The minimum absolute atomic E-state index is 0.00828. The Morgan fingerprint density at radius 2 is 1.51 bits per heavy atom. The second kappa shape index (κ2) is 18.1. The molecular formula is C28H41N5O12. The van der Waals surface area contributed by atoms with Gasteiger partial charge in [0.05, 0.1) is 51.5 Å². The lowest BCUT2D eigenvalue weighted by Gasteiger charge is -2.20. The number of nitrogens with zero attached hydrogens (tertiary/aromatic N) is 1. The number of hydrogen-bond acceptors (Lipinski definition) is 11. The van der Waals surface area contributed by atoms with Crippen molar-refractivity contribution in [3.8, 4) is 0 Å². The molecule has 2 fully saturated rings. The monoisotopic (exact) mass is 639 g/mol. The summed E-state index contributed by atoms with van der Waals surface area (Å²) >= 11 is 0. The summed E-state index contributed by atoms with van der Waals surface area (Å²) in [6.07, 6.45) is 1.20. The van der Waals surface area contributed by atoms with E-state index in [-0.39, 0.29) is 89.3 Å². The number of carbonyl (C=O) groups excluding carboxylic acids is 6. The van der Waals surface area contributed by atoms with Crippen LogP contribution in [-0.2, 0) is 52.5 Å². The predicted octanol–water partition coefficient (Wildman–Crippen LogP) is -2.63. The van der Waals surface area contributed by atoms with Gasteiger partial charge in [-0.1, -0.05) is 0 Å². The van der Waals surface area contributed by atoms with E-state index in [1.807, 2.05) is 0 Å². The number of ether oxygens (including phenoxy) is 4. The Balaban J connectivity index is 1.42. The van der Waals surface area contributed by atoms with Crippen LogP contribution in [0.4, 0.5) is 0 Å². The van der Waals surface area contributed by atoms with Gasteiger partial charge in [0, 0.05) is 51.6 Å². The van der Waals surface area contributed by atoms with E-state index in [1.54, 1.807) is 7.11 Å². The zero-order valence-electron chi connectivity index (χ0n) is 25.1. The Kier molecular flexibility index (Phi) is 14.3. The number of fused-ring (bicyclic) bond motifs is 1. The number of amides is 6. The summed E-state index contributed by atoms with van der Waals surface area (Å²) in [5.41, 5.74) is 0. The molecule has 0 radical (unpaired) electrons. The van der Waals surface area contributed by atoms with Gasteiger partial charge in [0.2, 0.25) is 23.6 Å². The molecule has 3 rings (SSSR count). The minimum Gasteiger partial charge on any atom is -0.481 e. The number of methoxy groups -OCH3 is 1. The van der Waals surface area contributed by atoms with Crippen LogP contribution in [0.3, 0.4) is 0 Å². The summed E-state index contributed by atoms with van der Waals surface area (Å²) < 4.78 is 21.8. The Morgan fingerprint density at radius 1 is 0.889 bits per heavy atom. The van der Waals surface area contributed by atoms with E-state index in [2.05, 4.69) is 21.3 Å². The fourth-order valence-electron chi connectivity index (χ4n) is 5.00. The Bertz CT molecular complexity index is 1110. The summed E-state index contributed by atoms with van der Waals surface area (Å²) in [4.78, 5) is 85.3. The zero-order valence-corrected chi connectivity index (χ0v) is 25.1. The first kappa shape index (κ1) is 35.5. The van der Waals surface area contributed by atoms with Crippen LogP contribution >= 0.6 is 0 Å². The number of hydrogen-bond donors (Lipinski definition) is 5. The van der Waals surface area contributed by atoms with E-state index in [0.29, 0.717) is 13.2 Å². The fraction of sp³-hybridized carbons (Fsp3) is 0.679. The quantitative estimate of drug-likeness (QED) is 0.0681. The van der Waals surface area contributed by atoms with Crippen molar-refractivity contribution in [3.05, 3.63) is 12.2 Å². The molecular weight excluding hydrogens is 598 g/mol. The number of carboxylic acids is 1. The van der Waals surface area contributed by atoms with Crippen LogP contribution in [0.2, 0.25) is 0 Å². The summed E-state index contributed by atoms with van der Waals surface area (Å²) in [6, 6.07) is -1.89. The molecule has 5 N–H and O–H groups in total. The fourth-order valence-corrected chi connectivity index (χ4v) is 5.00. The molecule has 6 amide bonds. The van der Waals surface area contributed by atoms with Gasteiger partial charge < -0.3 is 45.3 Å². The predicted molar refractivity (Wildman–Crippen MR) is 152 cm³/mol. The number of aliphatic carboxylic acids is 1. The maximum Gasteiger partial charge on any atom is 0.305 e. The third-order valence-electron chi connectivity index (χ3n) is 7.30. The molecule has 0 aromatic rings. The summed E-state index contributed by atoms with van der Waals surface area (Å²) in [5.74, 6) is -3.95. The Hall–Kier alpha value is -3.93. The molecule has 0 bridgehead atoms. The molecule has 0 aromatic heterocycles. The zero-order chi connectivity index (χ0) is 32.8. The van der Waals surface area contributed by atoms with Crippen LogP contribution in [0.25, 0.3) is 0 Å². The maximum atomic E-state index is 12.7. The first-order chi connectivity index (χ1) is 21.6. The second-order valence-electron chi connectivity index (χ2n) is 10.7. The molecule has 0 saturated carbocycles. The molecule has 5 atom stereocenters. The van der Waals surface area contributed by atoms with E-state index in [4.69, 9.17) is 24.1 Å². The molecule has 2 saturated heterocycles. The lowest BCUT2D eigenvalue weighted by Crippen LogP contribution is -2.48. The van der Waals surface area contributed by atoms with Crippen molar-refractivity contribution in [3.63, 3.8) is 0 Å². The van der Waals surface area contributed by atoms with Crippen LogP contribution in [0.15, 0.2) is 12.2 Å². The first-order valence-corrected chi connectivity index (χ1v) is 14.8. The summed E-state index contributed by atoms with van der Waals surface area (Å²) in [6.45, 7) is 1.18. The van der Waals surface area contributed by atoms with E-state index in [1.165, 1.54) is 0 Å². The topological polar surface area (TPSA) is 228 Å². The van der Waals surface area contributed by atoms with E-state index in [9.17, 15) is 33.6 Å². The molecule has 17 heteroatoms. The van der Waals surface area contributed by atoms with Gasteiger partial charge in [0.1, 0.15) is 18.2 Å². The average molecular weight is 640 g/mol. The van der Waals surface area contributed by atoms with Gasteiger partial charge in [-0.3, -0.25) is 38.5 Å².